The number of nitrogens with zero attached hydrogens (tertiary/aromatic N) is 3. The number of hydrogen-bond donors (Lipinski definition) is 2. The van der Waals surface area contributed by atoms with Gasteiger partial charge in [0.2, 0.25) is 0 Å². The molecule has 0 amide bonds. The van der Waals surface area contributed by atoms with Crippen LogP contribution in [-0.2, 0) is 10.0 Å². The van der Waals surface area contributed by atoms with E-state index in [-0.39, 0.29) is 32.9 Å². The number of hydrogen-bond acceptors (Lipinski definition) is 8. The van der Waals surface area contributed by atoms with Gasteiger partial charge >= 0.3 is 5.97 Å². The summed E-state index contributed by atoms with van der Waals surface area (Å²) in [6.07, 6.45) is 1.65. The molecular weight excluding hydrogens is 448 g/mol. The number of para-hydroxylation sites is 1. The number of aromatic nitrogens is 3. The Bertz CT molecular complexity index is 1610. The quantitative estimate of drug-likeness (QED) is 0.381. The second-order valence-electron chi connectivity index (χ2n) is 6.94. The van der Waals surface area contributed by atoms with Crippen molar-refractivity contribution in [3.63, 3.8) is 0 Å². The first kappa shape index (κ1) is 20.4. The number of anilines is 1. The SMILES string of the molecule is O=C(O)c1ccc(NS(=O)(=O)c2ccc(Oc3cccc4cccnc34)c3nonc23)cc1. The molecule has 0 aliphatic rings. The molecule has 10 nitrogen and oxygen atoms in total. The third kappa shape index (κ3) is 3.81. The first-order chi connectivity index (χ1) is 15.9. The second-order valence-corrected chi connectivity index (χ2v) is 8.60. The molecule has 3 aromatic carbocycles. The molecule has 0 radical (unpaired) electrons. The van der Waals surface area contributed by atoms with Crippen molar-refractivity contribution in [3.8, 4) is 11.5 Å². The van der Waals surface area contributed by atoms with Crippen molar-refractivity contribution in [1.82, 2.24) is 15.3 Å². The van der Waals surface area contributed by atoms with Gasteiger partial charge in [-0.3, -0.25) is 9.71 Å². The van der Waals surface area contributed by atoms with Crippen LogP contribution in [0.4, 0.5) is 5.69 Å². The fourth-order valence-electron chi connectivity index (χ4n) is 3.29. The number of fused-ring (bicyclic) bond motifs is 2. The molecular formula is C22H14N4O6S. The Kier molecular flexibility index (Phi) is 4.87. The van der Waals surface area contributed by atoms with E-state index in [2.05, 4.69) is 20.0 Å². The first-order valence-electron chi connectivity index (χ1n) is 9.55. The molecule has 0 aliphatic heterocycles. The highest BCUT2D eigenvalue weighted by molar-refractivity contribution is 7.93. The number of rotatable bonds is 6. The molecule has 5 rings (SSSR count). The van der Waals surface area contributed by atoms with E-state index in [0.29, 0.717) is 11.3 Å². The molecule has 0 saturated carbocycles. The summed E-state index contributed by atoms with van der Waals surface area (Å²) in [5.74, 6) is -0.407. The lowest BCUT2D eigenvalue weighted by Crippen LogP contribution is -2.13. The highest BCUT2D eigenvalue weighted by Gasteiger charge is 2.24. The normalized spacial score (nSPS) is 11.5. The Hall–Kier alpha value is -4.51. The van der Waals surface area contributed by atoms with E-state index in [1.807, 2.05) is 24.3 Å². The lowest BCUT2D eigenvalue weighted by Gasteiger charge is -2.11. The van der Waals surface area contributed by atoms with Crippen molar-refractivity contribution < 1.29 is 27.7 Å². The van der Waals surface area contributed by atoms with Gasteiger partial charge in [0.1, 0.15) is 10.4 Å². The second kappa shape index (κ2) is 7.88. The lowest BCUT2D eigenvalue weighted by molar-refractivity contribution is 0.0697. The van der Waals surface area contributed by atoms with E-state index in [1.54, 1.807) is 12.3 Å². The van der Waals surface area contributed by atoms with E-state index in [0.717, 1.165) is 5.39 Å². The highest BCUT2D eigenvalue weighted by atomic mass is 32.2. The van der Waals surface area contributed by atoms with Gasteiger partial charge in [-0.25, -0.2) is 17.8 Å². The van der Waals surface area contributed by atoms with Crippen molar-refractivity contribution in [2.45, 2.75) is 4.90 Å². The van der Waals surface area contributed by atoms with Crippen LogP contribution in [0.1, 0.15) is 10.4 Å². The summed E-state index contributed by atoms with van der Waals surface area (Å²) in [5, 5.41) is 17.4. The number of carboxylic acid groups (broad SMARTS) is 1. The number of carbonyl (C=O) groups is 1. The molecule has 0 spiro atoms. The van der Waals surface area contributed by atoms with Gasteiger partial charge in [0.05, 0.1) is 5.56 Å². The minimum absolute atomic E-state index is 0.0182. The molecule has 5 aromatic rings. The van der Waals surface area contributed by atoms with Crippen molar-refractivity contribution >= 4 is 43.6 Å². The van der Waals surface area contributed by atoms with Crippen molar-refractivity contribution in [3.05, 3.63) is 78.5 Å². The molecule has 0 atom stereocenters. The Morgan fingerprint density at radius 2 is 1.61 bits per heavy atom. The summed E-state index contributed by atoms with van der Waals surface area (Å²) in [6, 6.07) is 17.2. The number of ether oxygens (including phenoxy) is 1. The molecule has 0 unspecified atom stereocenters. The molecule has 0 fully saturated rings. The minimum Gasteiger partial charge on any atom is -0.478 e. The van der Waals surface area contributed by atoms with Crippen LogP contribution >= 0.6 is 0 Å². The molecule has 2 heterocycles. The van der Waals surface area contributed by atoms with E-state index in [4.69, 9.17) is 14.5 Å². The third-order valence-corrected chi connectivity index (χ3v) is 6.24. The van der Waals surface area contributed by atoms with Crippen LogP contribution < -0.4 is 9.46 Å². The number of carboxylic acids is 1. The zero-order chi connectivity index (χ0) is 23.0. The monoisotopic (exact) mass is 462 g/mol. The zero-order valence-corrected chi connectivity index (χ0v) is 17.5. The van der Waals surface area contributed by atoms with E-state index in [1.165, 1.54) is 36.4 Å². The Balaban J connectivity index is 1.50. The Morgan fingerprint density at radius 1 is 0.879 bits per heavy atom. The molecule has 2 aromatic heterocycles. The molecule has 0 saturated heterocycles. The number of nitrogens with one attached hydrogen (secondary N) is 1. The fraction of sp³-hybridized carbons (Fsp3) is 0. The Labute approximate surface area is 186 Å². The maximum Gasteiger partial charge on any atom is 0.335 e. The number of benzene rings is 3. The summed E-state index contributed by atoms with van der Waals surface area (Å²) in [6.45, 7) is 0. The molecule has 2 N–H and O–H groups in total. The standard InChI is InChI=1S/C22H14N4O6S/c27-22(28)14-6-8-15(9-7-14)26-33(29,30)18-11-10-17(20-21(18)25-32-24-20)31-16-5-1-3-13-4-2-12-23-19(13)16/h1-12,26H,(H,27,28). The molecule has 33 heavy (non-hydrogen) atoms. The topological polar surface area (TPSA) is 145 Å². The van der Waals surface area contributed by atoms with Crippen LogP contribution in [0.25, 0.3) is 21.9 Å². The lowest BCUT2D eigenvalue weighted by atomic mass is 10.2. The van der Waals surface area contributed by atoms with Crippen LogP contribution in [0.2, 0.25) is 0 Å². The average molecular weight is 462 g/mol. The molecule has 164 valence electrons. The Morgan fingerprint density at radius 3 is 2.39 bits per heavy atom. The third-order valence-electron chi connectivity index (χ3n) is 4.83. The van der Waals surface area contributed by atoms with Crippen molar-refractivity contribution in [1.29, 1.82) is 0 Å². The summed E-state index contributed by atoms with van der Waals surface area (Å²) in [7, 11) is -4.10. The van der Waals surface area contributed by atoms with Gasteiger partial charge in [0, 0.05) is 17.3 Å². The van der Waals surface area contributed by atoms with Crippen LogP contribution in [0, 0.1) is 0 Å². The van der Waals surface area contributed by atoms with E-state index in [9.17, 15) is 13.2 Å². The predicted molar refractivity (Wildman–Crippen MR) is 118 cm³/mol. The van der Waals surface area contributed by atoms with Gasteiger partial charge < -0.3 is 9.84 Å². The minimum atomic E-state index is -4.10. The maximum atomic E-state index is 13.0. The van der Waals surface area contributed by atoms with Crippen LogP contribution in [-0.4, -0.2) is 34.8 Å². The average Bonchev–Trinajstić information content (AvgIpc) is 3.30. The summed E-state index contributed by atoms with van der Waals surface area (Å²) in [5.41, 5.74) is 0.951. The maximum absolute atomic E-state index is 13.0. The van der Waals surface area contributed by atoms with Crippen molar-refractivity contribution in [2.24, 2.45) is 0 Å². The van der Waals surface area contributed by atoms with E-state index >= 15 is 0 Å². The molecule has 11 heteroatoms. The fourth-order valence-corrected chi connectivity index (χ4v) is 4.48. The van der Waals surface area contributed by atoms with Crippen molar-refractivity contribution in [2.75, 3.05) is 4.72 Å². The molecule has 0 aliphatic carbocycles. The van der Waals surface area contributed by atoms with Crippen LogP contribution in [0.3, 0.4) is 0 Å². The van der Waals surface area contributed by atoms with Gasteiger partial charge in [-0.1, -0.05) is 18.2 Å². The predicted octanol–water partition coefficient (Wildman–Crippen LogP) is 4.06. The van der Waals surface area contributed by atoms with Crippen LogP contribution in [0.15, 0.2) is 82.5 Å². The van der Waals surface area contributed by atoms with E-state index < -0.39 is 16.0 Å². The zero-order valence-electron chi connectivity index (χ0n) is 16.7. The largest absolute Gasteiger partial charge is 0.478 e. The smallest absolute Gasteiger partial charge is 0.335 e. The van der Waals surface area contributed by atoms with Gasteiger partial charge in [-0.05, 0) is 58.8 Å². The van der Waals surface area contributed by atoms with Gasteiger partial charge in [-0.2, -0.15) is 0 Å². The first-order valence-corrected chi connectivity index (χ1v) is 11.0. The number of sulfonamides is 1. The van der Waals surface area contributed by atoms with Gasteiger partial charge in [0.15, 0.2) is 22.5 Å². The highest BCUT2D eigenvalue weighted by Crippen LogP contribution is 2.34. The summed E-state index contributed by atoms with van der Waals surface area (Å²) in [4.78, 5) is 15.2. The van der Waals surface area contributed by atoms with Crippen LogP contribution in [0.5, 0.6) is 11.5 Å². The number of aromatic carboxylic acids is 1. The summed E-state index contributed by atoms with van der Waals surface area (Å²) >= 11 is 0. The summed E-state index contributed by atoms with van der Waals surface area (Å²) < 4.78 is 39.2. The number of pyridine rings is 1. The molecule has 0 bridgehead atoms. The van der Waals surface area contributed by atoms with Gasteiger partial charge in [0.25, 0.3) is 10.0 Å². The van der Waals surface area contributed by atoms with Gasteiger partial charge in [-0.15, -0.1) is 0 Å².